The number of fused-ring (bicyclic) bond motifs is 2. The molecule has 4 rings (SSSR count). The first kappa shape index (κ1) is 17.8. The lowest BCUT2D eigenvalue weighted by molar-refractivity contribution is -0.135. The maximum absolute atomic E-state index is 12.9. The van der Waals surface area contributed by atoms with Gasteiger partial charge in [0.2, 0.25) is 0 Å². The topological polar surface area (TPSA) is 34.1 Å². The highest BCUT2D eigenvalue weighted by atomic mass is 35.5. The van der Waals surface area contributed by atoms with Gasteiger partial charge in [0.15, 0.2) is 11.6 Å². The van der Waals surface area contributed by atoms with Crippen molar-refractivity contribution in [2.24, 2.45) is 11.8 Å². The zero-order valence-electron chi connectivity index (χ0n) is 14.6. The van der Waals surface area contributed by atoms with Crippen molar-refractivity contribution in [1.82, 2.24) is 0 Å². The first-order valence-corrected chi connectivity index (χ1v) is 9.91. The van der Waals surface area contributed by atoms with Gasteiger partial charge in [0.05, 0.1) is 10.0 Å². The van der Waals surface area contributed by atoms with Gasteiger partial charge in [0, 0.05) is 11.8 Å². The predicted octanol–water partition coefficient (Wildman–Crippen LogP) is 5.87. The third-order valence-electron chi connectivity index (χ3n) is 5.90. The lowest BCUT2D eigenvalue weighted by atomic mass is 9.73. The molecule has 2 nitrogen and oxygen atoms in total. The molecule has 2 aromatic carbocycles. The molecule has 26 heavy (non-hydrogen) atoms. The summed E-state index contributed by atoms with van der Waals surface area (Å²) in [6.45, 7) is 2.06. The second-order valence-corrected chi connectivity index (χ2v) is 8.16. The molecule has 2 bridgehead atoms. The standard InChI is InChI=1S/C22H20Cl2O2/c1-2-12-3-4-13(14-7-8-18(23)19(24)11-14)10-17(12)20-21(25)15-5-6-16(9-15)22(20)26/h3-4,7-8,10-11,15-16,20H,2,5-6,9H2,1H3/t15-,16+,20?. The van der Waals surface area contributed by atoms with Crippen molar-refractivity contribution in [2.75, 3.05) is 0 Å². The summed E-state index contributed by atoms with van der Waals surface area (Å²) in [7, 11) is 0. The zero-order valence-corrected chi connectivity index (χ0v) is 16.1. The molecule has 0 aliphatic heterocycles. The van der Waals surface area contributed by atoms with Gasteiger partial charge in [0.1, 0.15) is 5.92 Å². The summed E-state index contributed by atoms with van der Waals surface area (Å²) in [6, 6.07) is 11.6. The number of benzene rings is 2. The van der Waals surface area contributed by atoms with Crippen molar-refractivity contribution in [3.05, 3.63) is 57.6 Å². The van der Waals surface area contributed by atoms with E-state index in [1.807, 2.05) is 30.3 Å². The quantitative estimate of drug-likeness (QED) is 0.617. The number of halogens is 2. The third kappa shape index (κ3) is 2.90. The predicted molar refractivity (Wildman–Crippen MR) is 105 cm³/mol. The molecule has 2 aliphatic rings. The van der Waals surface area contributed by atoms with Gasteiger partial charge < -0.3 is 0 Å². The van der Waals surface area contributed by atoms with E-state index < -0.39 is 5.92 Å². The van der Waals surface area contributed by atoms with Gasteiger partial charge in [-0.1, -0.05) is 48.3 Å². The molecular formula is C22H20Cl2O2. The minimum atomic E-state index is -0.598. The molecule has 2 saturated carbocycles. The van der Waals surface area contributed by atoms with E-state index >= 15 is 0 Å². The van der Waals surface area contributed by atoms with Gasteiger partial charge in [-0.05, 0) is 66.1 Å². The van der Waals surface area contributed by atoms with Gasteiger partial charge in [-0.2, -0.15) is 0 Å². The summed E-state index contributed by atoms with van der Waals surface area (Å²) in [5.74, 6) is -0.254. The minimum absolute atomic E-state index is 0.0565. The molecule has 0 spiro atoms. The fourth-order valence-electron chi connectivity index (χ4n) is 4.46. The summed E-state index contributed by atoms with van der Waals surface area (Å²) in [4.78, 5) is 25.9. The van der Waals surface area contributed by atoms with Crippen LogP contribution in [0, 0.1) is 11.8 Å². The Morgan fingerprint density at radius 1 is 0.885 bits per heavy atom. The molecule has 0 N–H and O–H groups in total. The van der Waals surface area contributed by atoms with E-state index in [0.29, 0.717) is 10.0 Å². The Bertz CT molecular complexity index is 881. The molecule has 0 amide bonds. The van der Waals surface area contributed by atoms with E-state index in [4.69, 9.17) is 23.2 Å². The normalized spacial score (nSPS) is 25.0. The average Bonchev–Trinajstić information content (AvgIpc) is 3.10. The summed E-state index contributed by atoms with van der Waals surface area (Å²) < 4.78 is 0. The van der Waals surface area contributed by atoms with Crippen LogP contribution in [0.25, 0.3) is 11.1 Å². The van der Waals surface area contributed by atoms with Crippen LogP contribution in [0.5, 0.6) is 0 Å². The van der Waals surface area contributed by atoms with Crippen molar-refractivity contribution in [3.8, 4) is 11.1 Å². The number of hydrogen-bond donors (Lipinski definition) is 0. The van der Waals surface area contributed by atoms with Crippen LogP contribution >= 0.6 is 23.2 Å². The molecule has 4 heteroatoms. The Hall–Kier alpha value is -1.64. The van der Waals surface area contributed by atoms with Crippen molar-refractivity contribution >= 4 is 34.8 Å². The summed E-state index contributed by atoms with van der Waals surface area (Å²) >= 11 is 12.2. The molecule has 2 fully saturated rings. The molecule has 1 unspecified atom stereocenters. The largest absolute Gasteiger partial charge is 0.298 e. The second-order valence-electron chi connectivity index (χ2n) is 7.34. The smallest absolute Gasteiger partial charge is 0.150 e. The molecular weight excluding hydrogens is 367 g/mol. The Morgan fingerprint density at radius 2 is 1.50 bits per heavy atom. The Balaban J connectivity index is 1.81. The maximum Gasteiger partial charge on any atom is 0.150 e. The lowest BCUT2D eigenvalue weighted by Gasteiger charge is -2.27. The molecule has 0 heterocycles. The van der Waals surface area contributed by atoms with Crippen LogP contribution in [-0.4, -0.2) is 11.6 Å². The van der Waals surface area contributed by atoms with Crippen LogP contribution in [0.2, 0.25) is 10.0 Å². The Labute approximate surface area is 163 Å². The number of rotatable bonds is 3. The van der Waals surface area contributed by atoms with Crippen molar-refractivity contribution in [2.45, 2.75) is 38.5 Å². The Kier molecular flexibility index (Phi) is 4.66. The molecule has 3 atom stereocenters. The molecule has 134 valence electrons. The third-order valence-corrected chi connectivity index (χ3v) is 6.64. The molecule has 2 aliphatic carbocycles. The fourth-order valence-corrected chi connectivity index (χ4v) is 4.76. The van der Waals surface area contributed by atoms with Gasteiger partial charge >= 0.3 is 0 Å². The first-order chi connectivity index (χ1) is 12.5. The second kappa shape index (κ2) is 6.83. The van der Waals surface area contributed by atoms with E-state index in [0.717, 1.165) is 47.9 Å². The van der Waals surface area contributed by atoms with Crippen LogP contribution < -0.4 is 0 Å². The van der Waals surface area contributed by atoms with Crippen molar-refractivity contribution < 1.29 is 9.59 Å². The van der Waals surface area contributed by atoms with Gasteiger partial charge in [0.25, 0.3) is 0 Å². The van der Waals surface area contributed by atoms with Gasteiger partial charge in [-0.3, -0.25) is 9.59 Å². The minimum Gasteiger partial charge on any atom is -0.298 e. The number of Topliss-reactive ketones (excluding diaryl/α,β-unsaturated/α-hetero) is 2. The highest BCUT2D eigenvalue weighted by Crippen LogP contribution is 2.45. The summed E-state index contributed by atoms with van der Waals surface area (Å²) in [5, 5.41) is 1.00. The number of ketones is 2. The highest BCUT2D eigenvalue weighted by Gasteiger charge is 2.47. The summed E-state index contributed by atoms with van der Waals surface area (Å²) in [5.41, 5.74) is 3.83. The van der Waals surface area contributed by atoms with Crippen LogP contribution in [0.3, 0.4) is 0 Å². The highest BCUT2D eigenvalue weighted by molar-refractivity contribution is 6.42. The van der Waals surface area contributed by atoms with Crippen LogP contribution in [-0.2, 0) is 16.0 Å². The van der Waals surface area contributed by atoms with E-state index in [9.17, 15) is 9.59 Å². The van der Waals surface area contributed by atoms with Crippen molar-refractivity contribution in [1.29, 1.82) is 0 Å². The first-order valence-electron chi connectivity index (χ1n) is 9.15. The number of aryl methyl sites for hydroxylation is 1. The van der Waals surface area contributed by atoms with Crippen LogP contribution in [0.1, 0.15) is 43.2 Å². The molecule has 2 aromatic rings. The molecule has 0 aromatic heterocycles. The molecule has 0 radical (unpaired) electrons. The molecule has 0 saturated heterocycles. The number of carbonyl (C=O) groups excluding carboxylic acids is 2. The maximum atomic E-state index is 12.9. The van der Waals surface area contributed by atoms with E-state index in [2.05, 4.69) is 6.92 Å². The van der Waals surface area contributed by atoms with Gasteiger partial charge in [-0.25, -0.2) is 0 Å². The van der Waals surface area contributed by atoms with E-state index in [-0.39, 0.29) is 23.4 Å². The average molecular weight is 387 g/mol. The van der Waals surface area contributed by atoms with E-state index in [1.165, 1.54) is 0 Å². The fraction of sp³-hybridized carbons (Fsp3) is 0.364. The Morgan fingerprint density at radius 3 is 2.12 bits per heavy atom. The van der Waals surface area contributed by atoms with E-state index in [1.54, 1.807) is 6.07 Å². The summed E-state index contributed by atoms with van der Waals surface area (Å²) in [6.07, 6.45) is 3.27. The lowest BCUT2D eigenvalue weighted by Crippen LogP contribution is -2.35. The zero-order chi connectivity index (χ0) is 18.4. The monoisotopic (exact) mass is 386 g/mol. The SMILES string of the molecule is CCc1ccc(-c2ccc(Cl)c(Cl)c2)cc1C1C(=O)[C@@H]2CC[C@@H](C2)C1=O. The van der Waals surface area contributed by atoms with Crippen LogP contribution in [0.15, 0.2) is 36.4 Å². The van der Waals surface area contributed by atoms with Gasteiger partial charge in [-0.15, -0.1) is 0 Å². The number of carbonyl (C=O) groups is 2. The van der Waals surface area contributed by atoms with Crippen LogP contribution in [0.4, 0.5) is 0 Å². The van der Waals surface area contributed by atoms with Crippen molar-refractivity contribution in [3.63, 3.8) is 0 Å². The number of hydrogen-bond acceptors (Lipinski definition) is 2.